The van der Waals surface area contributed by atoms with Gasteiger partial charge in [-0.15, -0.1) is 0 Å². The van der Waals surface area contributed by atoms with Crippen LogP contribution >= 0.6 is 24.0 Å². The van der Waals surface area contributed by atoms with Gasteiger partial charge in [0.05, 0.1) is 6.61 Å². The lowest BCUT2D eigenvalue weighted by atomic mass is 9.83. The molecule has 3 heteroatoms. The summed E-state index contributed by atoms with van der Waals surface area (Å²) < 4.78 is 5.98. The molecule has 0 N–H and O–H groups in total. The molecule has 1 fully saturated rings. The second-order valence-electron chi connectivity index (χ2n) is 4.57. The Bertz CT molecular complexity index is 201. The molecule has 0 heterocycles. The van der Waals surface area contributed by atoms with E-state index in [4.69, 9.17) is 17.0 Å². The summed E-state index contributed by atoms with van der Waals surface area (Å²) in [4.78, 5) is 0. The Morgan fingerprint density at radius 1 is 1.57 bits per heavy atom. The van der Waals surface area contributed by atoms with Gasteiger partial charge >= 0.3 is 0 Å². The molecular weight excluding hydrogens is 212 g/mol. The molecule has 0 saturated heterocycles. The molecule has 82 valence electrons. The predicted octanol–water partition coefficient (Wildman–Crippen LogP) is 3.87. The molecule has 1 saturated carbocycles. The van der Waals surface area contributed by atoms with E-state index in [0.717, 1.165) is 16.1 Å². The summed E-state index contributed by atoms with van der Waals surface area (Å²) in [6.45, 7) is 7.41. The average Bonchev–Trinajstić information content (AvgIpc) is 2.42. The topological polar surface area (TPSA) is 9.23 Å². The number of hydrogen-bond donors (Lipinski definition) is 0. The lowest BCUT2D eigenvalue weighted by Crippen LogP contribution is -2.20. The molecule has 1 aliphatic rings. The van der Waals surface area contributed by atoms with Crippen LogP contribution in [0.5, 0.6) is 0 Å². The van der Waals surface area contributed by atoms with Crippen LogP contribution in [0.15, 0.2) is 0 Å². The molecule has 1 rings (SSSR count). The minimum atomic E-state index is 0.509. The van der Waals surface area contributed by atoms with Gasteiger partial charge in [0.25, 0.3) is 0 Å². The van der Waals surface area contributed by atoms with E-state index < -0.39 is 0 Å². The molecule has 0 radical (unpaired) electrons. The molecule has 0 aromatic carbocycles. The molecule has 0 spiro atoms. The molecule has 14 heavy (non-hydrogen) atoms. The Kier molecular flexibility index (Phi) is 4.71. The van der Waals surface area contributed by atoms with Gasteiger partial charge in [0.15, 0.2) is 0 Å². The van der Waals surface area contributed by atoms with Crippen LogP contribution < -0.4 is 0 Å². The van der Waals surface area contributed by atoms with Crippen molar-refractivity contribution < 1.29 is 4.74 Å². The van der Waals surface area contributed by atoms with Crippen LogP contribution in [0.4, 0.5) is 0 Å². The second-order valence-corrected chi connectivity index (χ2v) is 6.19. The van der Waals surface area contributed by atoms with Crippen molar-refractivity contribution in [2.75, 3.05) is 12.4 Å². The van der Waals surface area contributed by atoms with Gasteiger partial charge in [0, 0.05) is 5.75 Å². The Balaban J connectivity index is 2.27. The summed E-state index contributed by atoms with van der Waals surface area (Å²) in [5, 5.41) is 0. The third-order valence-corrected chi connectivity index (χ3v) is 4.54. The first kappa shape index (κ1) is 12.3. The Morgan fingerprint density at radius 3 is 2.79 bits per heavy atom. The van der Waals surface area contributed by atoms with Gasteiger partial charge in [-0.1, -0.05) is 32.0 Å². The number of thioether (sulfide) groups is 1. The van der Waals surface area contributed by atoms with E-state index in [2.05, 4.69) is 13.8 Å². The van der Waals surface area contributed by atoms with Crippen molar-refractivity contribution in [3.05, 3.63) is 0 Å². The average molecular weight is 232 g/mol. The zero-order chi connectivity index (χ0) is 10.6. The normalized spacial score (nSPS) is 24.9. The highest BCUT2D eigenvalue weighted by Gasteiger charge is 2.34. The maximum atomic E-state index is 5.26. The van der Waals surface area contributed by atoms with E-state index >= 15 is 0 Å². The van der Waals surface area contributed by atoms with Gasteiger partial charge in [0.2, 0.25) is 4.38 Å². The number of ether oxygens (including phenoxy) is 1. The summed E-state index contributed by atoms with van der Waals surface area (Å²) in [7, 11) is 0. The summed E-state index contributed by atoms with van der Waals surface area (Å²) in [5.74, 6) is 1.94. The zero-order valence-electron chi connectivity index (χ0n) is 9.34. The SMILES string of the molecule is CCOC(=S)SCC1CCCC1(C)C. The fourth-order valence-corrected chi connectivity index (χ4v) is 3.51. The predicted molar refractivity (Wildman–Crippen MR) is 67.8 cm³/mol. The highest BCUT2D eigenvalue weighted by atomic mass is 32.2. The molecule has 1 atom stereocenters. The fourth-order valence-electron chi connectivity index (χ4n) is 2.04. The number of thiocarbonyl (C=S) groups is 1. The summed E-state index contributed by atoms with van der Waals surface area (Å²) in [5.41, 5.74) is 0.509. The Labute approximate surface area is 97.0 Å². The van der Waals surface area contributed by atoms with Crippen LogP contribution in [0, 0.1) is 11.3 Å². The molecule has 0 amide bonds. The highest BCUT2D eigenvalue weighted by Crippen LogP contribution is 2.44. The van der Waals surface area contributed by atoms with Gasteiger partial charge in [-0.3, -0.25) is 0 Å². The van der Waals surface area contributed by atoms with Gasteiger partial charge in [0.1, 0.15) is 0 Å². The van der Waals surface area contributed by atoms with Crippen molar-refractivity contribution >= 4 is 28.4 Å². The highest BCUT2D eigenvalue weighted by molar-refractivity contribution is 8.22. The van der Waals surface area contributed by atoms with E-state index in [1.54, 1.807) is 11.8 Å². The molecular formula is C11H20OS2. The van der Waals surface area contributed by atoms with Crippen molar-refractivity contribution in [2.45, 2.75) is 40.0 Å². The first-order valence-corrected chi connectivity index (χ1v) is 6.75. The van der Waals surface area contributed by atoms with Gasteiger partial charge in [-0.05, 0) is 43.3 Å². The van der Waals surface area contributed by atoms with E-state index in [9.17, 15) is 0 Å². The van der Waals surface area contributed by atoms with Crippen molar-refractivity contribution in [3.8, 4) is 0 Å². The third-order valence-electron chi connectivity index (χ3n) is 3.14. The molecule has 0 aromatic heterocycles. The minimum Gasteiger partial charge on any atom is -0.479 e. The first-order valence-electron chi connectivity index (χ1n) is 5.36. The van der Waals surface area contributed by atoms with E-state index in [1.807, 2.05) is 6.92 Å². The number of rotatable bonds is 3. The van der Waals surface area contributed by atoms with Crippen LogP contribution in [0.3, 0.4) is 0 Å². The van der Waals surface area contributed by atoms with Gasteiger partial charge < -0.3 is 4.74 Å². The smallest absolute Gasteiger partial charge is 0.219 e. The fraction of sp³-hybridized carbons (Fsp3) is 0.909. The Morgan fingerprint density at radius 2 is 2.29 bits per heavy atom. The third kappa shape index (κ3) is 3.43. The molecule has 0 bridgehead atoms. The lowest BCUT2D eigenvalue weighted by Gasteiger charge is -2.26. The van der Waals surface area contributed by atoms with E-state index in [-0.39, 0.29) is 0 Å². The van der Waals surface area contributed by atoms with Crippen LogP contribution in [0.2, 0.25) is 0 Å². The maximum absolute atomic E-state index is 5.26. The quantitative estimate of drug-likeness (QED) is 0.684. The monoisotopic (exact) mass is 232 g/mol. The largest absolute Gasteiger partial charge is 0.479 e. The molecule has 1 unspecified atom stereocenters. The second kappa shape index (κ2) is 5.36. The van der Waals surface area contributed by atoms with Crippen LogP contribution in [0.25, 0.3) is 0 Å². The van der Waals surface area contributed by atoms with Crippen molar-refractivity contribution in [3.63, 3.8) is 0 Å². The Hall–Kier alpha value is 0.240. The molecule has 1 aliphatic carbocycles. The van der Waals surface area contributed by atoms with Gasteiger partial charge in [-0.25, -0.2) is 0 Å². The molecule has 0 aromatic rings. The van der Waals surface area contributed by atoms with Crippen molar-refractivity contribution in [1.29, 1.82) is 0 Å². The summed E-state index contributed by atoms with van der Waals surface area (Å²) in [6.07, 6.45) is 4.09. The van der Waals surface area contributed by atoms with E-state index in [1.165, 1.54) is 19.3 Å². The van der Waals surface area contributed by atoms with Crippen molar-refractivity contribution in [2.24, 2.45) is 11.3 Å². The minimum absolute atomic E-state index is 0.509. The van der Waals surface area contributed by atoms with Crippen LogP contribution in [0.1, 0.15) is 40.0 Å². The molecule has 0 aliphatic heterocycles. The van der Waals surface area contributed by atoms with Gasteiger partial charge in [-0.2, -0.15) is 0 Å². The van der Waals surface area contributed by atoms with E-state index in [0.29, 0.717) is 12.0 Å². The summed E-state index contributed by atoms with van der Waals surface area (Å²) in [6, 6.07) is 0. The standard InChI is InChI=1S/C11H20OS2/c1-4-12-10(13)14-8-9-6-5-7-11(9,2)3/h9H,4-8H2,1-3H3. The van der Waals surface area contributed by atoms with Crippen LogP contribution in [-0.2, 0) is 4.74 Å². The first-order chi connectivity index (χ1) is 6.56. The van der Waals surface area contributed by atoms with Crippen molar-refractivity contribution in [1.82, 2.24) is 0 Å². The molecule has 1 nitrogen and oxygen atoms in total. The lowest BCUT2D eigenvalue weighted by molar-refractivity contribution is 0.285. The maximum Gasteiger partial charge on any atom is 0.219 e. The summed E-state index contributed by atoms with van der Waals surface area (Å²) >= 11 is 6.81. The van der Waals surface area contributed by atoms with Crippen LogP contribution in [-0.4, -0.2) is 16.7 Å². The number of hydrogen-bond acceptors (Lipinski definition) is 3. The zero-order valence-corrected chi connectivity index (χ0v) is 11.0.